The SMILES string of the molecule is CC1(C)CC(=O)N(c2cccc(NC(=O)c3ncc(NC(C)(C)CO)nc3N3CCC4(CC3)CC4)n2)C1. The molecule has 2 aromatic heterocycles. The number of hydrogen-bond donors (Lipinski definition) is 3. The van der Waals surface area contributed by atoms with Gasteiger partial charge < -0.3 is 20.6 Å². The molecule has 5 rings (SSSR count). The molecule has 198 valence electrons. The standard InChI is InChI=1S/C27H37N7O3/c1-25(2)14-21(36)34(16-25)20-7-5-6-18(29-20)31-24(37)22-23(33-12-10-27(8-9-27)11-13-33)30-19(15-28-22)32-26(3,4)17-35/h5-7,15,35H,8-14,16-17H2,1-4H3,(H,30,32)(H,29,31,37). The molecular formula is C27H37N7O3. The van der Waals surface area contributed by atoms with Crippen molar-refractivity contribution in [2.45, 2.75) is 65.3 Å². The first kappa shape index (κ1) is 25.4. The van der Waals surface area contributed by atoms with E-state index in [-0.39, 0.29) is 23.6 Å². The van der Waals surface area contributed by atoms with Crippen LogP contribution in [-0.2, 0) is 4.79 Å². The Labute approximate surface area is 217 Å². The van der Waals surface area contributed by atoms with Crippen molar-refractivity contribution in [3.8, 4) is 0 Å². The number of aliphatic hydroxyl groups excluding tert-OH is 1. The average Bonchev–Trinajstić information content (AvgIpc) is 3.54. The van der Waals surface area contributed by atoms with Gasteiger partial charge in [-0.2, -0.15) is 0 Å². The van der Waals surface area contributed by atoms with Gasteiger partial charge in [-0.1, -0.05) is 19.9 Å². The predicted octanol–water partition coefficient (Wildman–Crippen LogP) is 3.45. The Bertz CT molecular complexity index is 1200. The van der Waals surface area contributed by atoms with Crippen LogP contribution in [0.5, 0.6) is 0 Å². The maximum absolute atomic E-state index is 13.4. The van der Waals surface area contributed by atoms with Gasteiger partial charge in [0.2, 0.25) is 5.91 Å². The summed E-state index contributed by atoms with van der Waals surface area (Å²) in [7, 11) is 0. The van der Waals surface area contributed by atoms with Crippen molar-refractivity contribution in [3.05, 3.63) is 30.1 Å². The van der Waals surface area contributed by atoms with E-state index in [2.05, 4.69) is 39.3 Å². The van der Waals surface area contributed by atoms with E-state index in [9.17, 15) is 14.7 Å². The summed E-state index contributed by atoms with van der Waals surface area (Å²) in [5.74, 6) is 1.54. The number of anilines is 4. The van der Waals surface area contributed by atoms with E-state index in [1.165, 1.54) is 19.0 Å². The van der Waals surface area contributed by atoms with Crippen LogP contribution in [0.4, 0.5) is 23.3 Å². The second kappa shape index (κ2) is 9.24. The Morgan fingerprint density at radius 2 is 1.84 bits per heavy atom. The fraction of sp³-hybridized carbons (Fsp3) is 0.593. The van der Waals surface area contributed by atoms with E-state index in [1.807, 2.05) is 13.8 Å². The Kier molecular flexibility index (Phi) is 6.34. The molecule has 3 N–H and O–H groups in total. The minimum atomic E-state index is -0.582. The molecule has 10 nitrogen and oxygen atoms in total. The summed E-state index contributed by atoms with van der Waals surface area (Å²) in [5.41, 5.74) is 0.00932. The first-order valence-electron chi connectivity index (χ1n) is 13.1. The number of rotatable bonds is 7. The third kappa shape index (κ3) is 5.53. The van der Waals surface area contributed by atoms with E-state index in [0.717, 1.165) is 25.9 Å². The molecule has 1 saturated carbocycles. The number of pyridine rings is 1. The molecule has 10 heteroatoms. The maximum Gasteiger partial charge on any atom is 0.279 e. The van der Waals surface area contributed by atoms with Gasteiger partial charge in [0.1, 0.15) is 17.5 Å². The summed E-state index contributed by atoms with van der Waals surface area (Å²) in [6, 6.07) is 5.27. The largest absolute Gasteiger partial charge is 0.394 e. The summed E-state index contributed by atoms with van der Waals surface area (Å²) in [6.45, 7) is 10.0. The second-order valence-electron chi connectivity index (χ2n) is 12.2. The van der Waals surface area contributed by atoms with Crippen molar-refractivity contribution in [2.75, 3.05) is 46.7 Å². The zero-order valence-corrected chi connectivity index (χ0v) is 22.2. The van der Waals surface area contributed by atoms with Crippen LogP contribution in [0.1, 0.15) is 70.3 Å². The molecule has 0 unspecified atom stereocenters. The lowest BCUT2D eigenvalue weighted by atomic mass is 9.93. The molecule has 1 spiro atoms. The van der Waals surface area contributed by atoms with Gasteiger partial charge in [-0.3, -0.25) is 14.5 Å². The summed E-state index contributed by atoms with van der Waals surface area (Å²) in [5, 5.41) is 15.8. The van der Waals surface area contributed by atoms with E-state index >= 15 is 0 Å². The van der Waals surface area contributed by atoms with Gasteiger partial charge in [0.25, 0.3) is 5.91 Å². The van der Waals surface area contributed by atoms with Gasteiger partial charge in [0.05, 0.1) is 18.3 Å². The average molecular weight is 508 g/mol. The normalized spacial score (nSPS) is 20.3. The van der Waals surface area contributed by atoms with Crippen LogP contribution >= 0.6 is 0 Å². The fourth-order valence-corrected chi connectivity index (χ4v) is 5.18. The number of hydrogen-bond acceptors (Lipinski definition) is 8. The lowest BCUT2D eigenvalue weighted by molar-refractivity contribution is -0.117. The minimum Gasteiger partial charge on any atom is -0.394 e. The number of carbonyl (C=O) groups excluding carboxylic acids is 2. The van der Waals surface area contributed by atoms with E-state index in [0.29, 0.717) is 41.7 Å². The van der Waals surface area contributed by atoms with Crippen molar-refractivity contribution >= 4 is 35.1 Å². The van der Waals surface area contributed by atoms with Crippen molar-refractivity contribution in [3.63, 3.8) is 0 Å². The molecule has 3 aliphatic rings. The summed E-state index contributed by atoms with van der Waals surface area (Å²) >= 11 is 0. The van der Waals surface area contributed by atoms with Crippen LogP contribution in [0.15, 0.2) is 24.4 Å². The Morgan fingerprint density at radius 3 is 2.46 bits per heavy atom. The Hall–Kier alpha value is -3.27. The summed E-state index contributed by atoms with van der Waals surface area (Å²) in [4.78, 5) is 43.6. The number of nitrogens with one attached hydrogen (secondary N) is 2. The van der Waals surface area contributed by atoms with Crippen molar-refractivity contribution in [2.24, 2.45) is 10.8 Å². The molecule has 2 saturated heterocycles. The molecule has 4 heterocycles. The van der Waals surface area contributed by atoms with Crippen LogP contribution in [-0.4, -0.2) is 63.7 Å². The van der Waals surface area contributed by atoms with Crippen molar-refractivity contribution < 1.29 is 14.7 Å². The highest BCUT2D eigenvalue weighted by molar-refractivity contribution is 6.06. The van der Waals surface area contributed by atoms with Gasteiger partial charge in [-0.15, -0.1) is 0 Å². The first-order valence-corrected chi connectivity index (χ1v) is 13.1. The lowest BCUT2D eigenvalue weighted by Gasteiger charge is -2.34. The molecule has 3 fully saturated rings. The Balaban J connectivity index is 1.39. The third-order valence-electron chi connectivity index (χ3n) is 7.68. The molecule has 2 aromatic rings. The third-order valence-corrected chi connectivity index (χ3v) is 7.68. The molecule has 0 radical (unpaired) electrons. The monoisotopic (exact) mass is 507 g/mol. The zero-order valence-electron chi connectivity index (χ0n) is 22.2. The van der Waals surface area contributed by atoms with Crippen LogP contribution in [0.3, 0.4) is 0 Å². The van der Waals surface area contributed by atoms with Gasteiger partial charge in [-0.05, 0) is 62.5 Å². The lowest BCUT2D eigenvalue weighted by Crippen LogP contribution is -2.38. The van der Waals surface area contributed by atoms with Gasteiger partial charge in [0, 0.05) is 26.1 Å². The highest BCUT2D eigenvalue weighted by atomic mass is 16.3. The van der Waals surface area contributed by atoms with Crippen molar-refractivity contribution in [1.82, 2.24) is 15.0 Å². The minimum absolute atomic E-state index is 0.0292. The maximum atomic E-state index is 13.4. The summed E-state index contributed by atoms with van der Waals surface area (Å²) < 4.78 is 0. The van der Waals surface area contributed by atoms with Crippen molar-refractivity contribution in [1.29, 1.82) is 0 Å². The topological polar surface area (TPSA) is 124 Å². The summed E-state index contributed by atoms with van der Waals surface area (Å²) in [6.07, 6.45) is 6.72. The number of aromatic nitrogens is 3. The van der Waals surface area contributed by atoms with E-state index in [1.54, 1.807) is 23.1 Å². The fourth-order valence-electron chi connectivity index (χ4n) is 5.18. The molecular weight excluding hydrogens is 470 g/mol. The number of aliphatic hydroxyl groups is 1. The molecule has 0 atom stereocenters. The molecule has 0 aromatic carbocycles. The van der Waals surface area contributed by atoms with Gasteiger partial charge in [0.15, 0.2) is 11.5 Å². The zero-order chi connectivity index (χ0) is 26.4. The van der Waals surface area contributed by atoms with Gasteiger partial charge >= 0.3 is 0 Å². The van der Waals surface area contributed by atoms with Crippen LogP contribution in [0, 0.1) is 10.8 Å². The highest BCUT2D eigenvalue weighted by Gasteiger charge is 2.45. The first-order chi connectivity index (χ1) is 17.5. The second-order valence-corrected chi connectivity index (χ2v) is 12.2. The number of nitrogens with zero attached hydrogens (tertiary/aromatic N) is 5. The smallest absolute Gasteiger partial charge is 0.279 e. The highest BCUT2D eigenvalue weighted by Crippen LogP contribution is 2.54. The van der Waals surface area contributed by atoms with Crippen LogP contribution < -0.4 is 20.4 Å². The molecule has 2 amide bonds. The molecule has 0 bridgehead atoms. The van der Waals surface area contributed by atoms with Crippen LogP contribution in [0.2, 0.25) is 0 Å². The number of carbonyl (C=O) groups is 2. The van der Waals surface area contributed by atoms with Crippen LogP contribution in [0.25, 0.3) is 0 Å². The predicted molar refractivity (Wildman–Crippen MR) is 143 cm³/mol. The van der Waals surface area contributed by atoms with E-state index < -0.39 is 11.4 Å². The van der Waals surface area contributed by atoms with E-state index in [4.69, 9.17) is 4.98 Å². The molecule has 37 heavy (non-hydrogen) atoms. The van der Waals surface area contributed by atoms with Gasteiger partial charge in [-0.25, -0.2) is 15.0 Å². The number of amides is 2. The Morgan fingerprint density at radius 1 is 1.11 bits per heavy atom. The molecule has 1 aliphatic carbocycles. The molecule has 2 aliphatic heterocycles. The number of piperidine rings is 1. The quantitative estimate of drug-likeness (QED) is 0.521.